The predicted molar refractivity (Wildman–Crippen MR) is 124 cm³/mol. The Labute approximate surface area is 192 Å². The first kappa shape index (κ1) is 21.7. The summed E-state index contributed by atoms with van der Waals surface area (Å²) in [5.74, 6) is 0.803. The Kier molecular flexibility index (Phi) is 6.02. The summed E-state index contributed by atoms with van der Waals surface area (Å²) < 4.78 is 16.0. The van der Waals surface area contributed by atoms with E-state index in [2.05, 4.69) is 15.3 Å². The summed E-state index contributed by atoms with van der Waals surface area (Å²) in [7, 11) is 4.57. The minimum atomic E-state index is -1.13. The molecule has 0 aliphatic carbocycles. The van der Waals surface area contributed by atoms with Crippen molar-refractivity contribution < 1.29 is 24.1 Å². The highest BCUT2D eigenvalue weighted by molar-refractivity contribution is 7.17. The summed E-state index contributed by atoms with van der Waals surface area (Å²) in [6, 6.07) is 8.52. The first-order valence-electron chi connectivity index (χ1n) is 9.29. The number of fused-ring (bicyclic) bond motifs is 1. The number of hydrogen-bond donors (Lipinski definition) is 2. The average Bonchev–Trinajstić information content (AvgIpc) is 3.24. The summed E-state index contributed by atoms with van der Waals surface area (Å²) in [6.45, 7) is 0. The molecule has 0 saturated carbocycles. The lowest BCUT2D eigenvalue weighted by molar-refractivity contribution is 0.0693. The fourth-order valence-corrected chi connectivity index (χ4v) is 4.43. The number of anilines is 2. The standard InChI is InChI=1S/C22H18ClN3O5S/c1-29-16-5-4-11(6-18(16)31-3)13-9-32-21-19(13)20(24-10-25-21)26-15-8-17(30-2)12(22(27)28)7-14(15)23/h4-10H,1-3H3,(H,27,28)(H,24,25,26). The van der Waals surface area contributed by atoms with Gasteiger partial charge in [0.05, 0.1) is 37.4 Å². The molecule has 4 aromatic rings. The zero-order valence-electron chi connectivity index (χ0n) is 17.3. The number of ether oxygens (including phenoxy) is 3. The normalized spacial score (nSPS) is 10.8. The summed E-state index contributed by atoms with van der Waals surface area (Å²) in [6.07, 6.45) is 1.45. The number of halogens is 1. The van der Waals surface area contributed by atoms with Gasteiger partial charge >= 0.3 is 5.97 Å². The van der Waals surface area contributed by atoms with Crippen LogP contribution in [0.4, 0.5) is 11.5 Å². The van der Waals surface area contributed by atoms with E-state index in [4.69, 9.17) is 25.8 Å². The number of thiophene rings is 1. The molecular weight excluding hydrogens is 454 g/mol. The molecule has 0 aliphatic rings. The zero-order chi connectivity index (χ0) is 22.8. The van der Waals surface area contributed by atoms with Crippen LogP contribution in [0.5, 0.6) is 17.2 Å². The Hall–Kier alpha value is -3.56. The van der Waals surface area contributed by atoms with E-state index in [-0.39, 0.29) is 16.3 Å². The van der Waals surface area contributed by atoms with E-state index >= 15 is 0 Å². The van der Waals surface area contributed by atoms with Crippen LogP contribution in [0.3, 0.4) is 0 Å². The molecule has 2 heterocycles. The number of aromatic nitrogens is 2. The Morgan fingerprint density at radius 2 is 1.78 bits per heavy atom. The van der Waals surface area contributed by atoms with Gasteiger partial charge in [0.15, 0.2) is 11.5 Å². The molecule has 4 rings (SSSR count). The Balaban J connectivity index is 1.83. The second kappa shape index (κ2) is 8.89. The van der Waals surface area contributed by atoms with Gasteiger partial charge in [-0.3, -0.25) is 0 Å². The van der Waals surface area contributed by atoms with Gasteiger partial charge in [0.1, 0.15) is 28.3 Å². The lowest BCUT2D eigenvalue weighted by atomic mass is 10.1. The highest BCUT2D eigenvalue weighted by Gasteiger charge is 2.19. The lowest BCUT2D eigenvalue weighted by Crippen LogP contribution is -2.03. The van der Waals surface area contributed by atoms with Crippen LogP contribution in [-0.2, 0) is 0 Å². The van der Waals surface area contributed by atoms with Gasteiger partial charge in [-0.25, -0.2) is 14.8 Å². The molecule has 8 nitrogen and oxygen atoms in total. The van der Waals surface area contributed by atoms with E-state index in [1.807, 2.05) is 23.6 Å². The number of aromatic carboxylic acids is 1. The summed E-state index contributed by atoms with van der Waals surface area (Å²) >= 11 is 7.83. The van der Waals surface area contributed by atoms with E-state index in [1.165, 1.54) is 36.9 Å². The first-order chi connectivity index (χ1) is 15.5. The highest BCUT2D eigenvalue weighted by atomic mass is 35.5. The van der Waals surface area contributed by atoms with Crippen LogP contribution in [0, 0.1) is 0 Å². The second-order valence-electron chi connectivity index (χ2n) is 6.58. The summed E-state index contributed by atoms with van der Waals surface area (Å²) in [4.78, 5) is 21.0. The Morgan fingerprint density at radius 3 is 2.47 bits per heavy atom. The fourth-order valence-electron chi connectivity index (χ4n) is 3.30. The smallest absolute Gasteiger partial charge is 0.339 e. The van der Waals surface area contributed by atoms with Crippen LogP contribution in [0.25, 0.3) is 21.3 Å². The van der Waals surface area contributed by atoms with Gasteiger partial charge in [0.25, 0.3) is 0 Å². The molecule has 0 spiro atoms. The molecule has 0 saturated heterocycles. The maximum absolute atomic E-state index is 11.4. The maximum Gasteiger partial charge on any atom is 0.339 e. The average molecular weight is 472 g/mol. The van der Waals surface area contributed by atoms with Crippen molar-refractivity contribution in [2.45, 2.75) is 0 Å². The highest BCUT2D eigenvalue weighted by Crippen LogP contribution is 2.41. The van der Waals surface area contributed by atoms with E-state index < -0.39 is 5.97 Å². The molecule has 2 N–H and O–H groups in total. The largest absolute Gasteiger partial charge is 0.496 e. The number of rotatable bonds is 7. The zero-order valence-corrected chi connectivity index (χ0v) is 18.9. The van der Waals surface area contributed by atoms with Gasteiger partial charge in [0, 0.05) is 17.0 Å². The minimum absolute atomic E-state index is 0.0302. The molecule has 0 fully saturated rings. The van der Waals surface area contributed by atoms with Crippen molar-refractivity contribution >= 4 is 50.6 Å². The number of carboxylic acids is 1. The number of benzene rings is 2. The Morgan fingerprint density at radius 1 is 1.03 bits per heavy atom. The van der Waals surface area contributed by atoms with E-state index in [1.54, 1.807) is 14.2 Å². The van der Waals surface area contributed by atoms with Crippen molar-refractivity contribution in [3.05, 3.63) is 52.6 Å². The molecule has 164 valence electrons. The van der Waals surface area contributed by atoms with E-state index in [0.717, 1.165) is 21.3 Å². The number of methoxy groups -OCH3 is 3. The number of nitrogens with zero attached hydrogens (tertiary/aromatic N) is 2. The van der Waals surface area contributed by atoms with Crippen molar-refractivity contribution in [2.75, 3.05) is 26.6 Å². The molecule has 32 heavy (non-hydrogen) atoms. The molecule has 0 radical (unpaired) electrons. The topological polar surface area (TPSA) is 103 Å². The van der Waals surface area contributed by atoms with Crippen molar-refractivity contribution in [2.24, 2.45) is 0 Å². The fraction of sp³-hybridized carbons (Fsp3) is 0.136. The number of nitrogens with one attached hydrogen (secondary N) is 1. The number of carboxylic acid groups (broad SMARTS) is 1. The molecule has 0 bridgehead atoms. The molecule has 0 unspecified atom stereocenters. The van der Waals surface area contributed by atoms with Gasteiger partial charge in [-0.05, 0) is 23.8 Å². The second-order valence-corrected chi connectivity index (χ2v) is 7.85. The van der Waals surface area contributed by atoms with Gasteiger partial charge in [0.2, 0.25) is 0 Å². The van der Waals surface area contributed by atoms with Crippen LogP contribution in [-0.4, -0.2) is 42.4 Å². The third-order valence-corrected chi connectivity index (χ3v) is 6.04. The lowest BCUT2D eigenvalue weighted by Gasteiger charge is -2.13. The molecular formula is C22H18ClN3O5S. The summed E-state index contributed by atoms with van der Waals surface area (Å²) in [5.41, 5.74) is 2.23. The monoisotopic (exact) mass is 471 g/mol. The van der Waals surface area contributed by atoms with Crippen molar-refractivity contribution in [3.63, 3.8) is 0 Å². The predicted octanol–water partition coefficient (Wildman–Crippen LogP) is 5.48. The Bertz CT molecular complexity index is 1320. The first-order valence-corrected chi connectivity index (χ1v) is 10.5. The molecule has 0 atom stereocenters. The van der Waals surface area contributed by atoms with Crippen LogP contribution in [0.2, 0.25) is 5.02 Å². The van der Waals surface area contributed by atoms with Crippen LogP contribution in [0.1, 0.15) is 10.4 Å². The van der Waals surface area contributed by atoms with Gasteiger partial charge in [-0.1, -0.05) is 17.7 Å². The van der Waals surface area contributed by atoms with Crippen LogP contribution in [0.15, 0.2) is 42.0 Å². The van der Waals surface area contributed by atoms with Gasteiger partial charge < -0.3 is 24.6 Å². The van der Waals surface area contributed by atoms with Crippen molar-refractivity contribution in [3.8, 4) is 28.4 Å². The third-order valence-electron chi connectivity index (χ3n) is 4.84. The van der Waals surface area contributed by atoms with Crippen molar-refractivity contribution in [1.29, 1.82) is 0 Å². The number of carbonyl (C=O) groups is 1. The summed E-state index contributed by atoms with van der Waals surface area (Å²) in [5, 5.41) is 15.6. The quantitative estimate of drug-likeness (QED) is 0.365. The van der Waals surface area contributed by atoms with E-state index in [9.17, 15) is 9.90 Å². The van der Waals surface area contributed by atoms with Crippen LogP contribution < -0.4 is 19.5 Å². The molecule has 0 aliphatic heterocycles. The van der Waals surface area contributed by atoms with Crippen LogP contribution >= 0.6 is 22.9 Å². The SMILES string of the molecule is COc1ccc(-c2csc3ncnc(Nc4cc(OC)c(C(=O)O)cc4Cl)c23)cc1OC. The maximum atomic E-state index is 11.4. The van der Waals surface area contributed by atoms with Gasteiger partial charge in [-0.2, -0.15) is 0 Å². The van der Waals surface area contributed by atoms with Crippen molar-refractivity contribution in [1.82, 2.24) is 9.97 Å². The molecule has 0 amide bonds. The molecule has 10 heteroatoms. The van der Waals surface area contributed by atoms with Gasteiger partial charge in [-0.15, -0.1) is 11.3 Å². The third kappa shape index (κ3) is 3.88. The minimum Gasteiger partial charge on any atom is -0.496 e. The molecule has 2 aromatic carbocycles. The molecule has 2 aromatic heterocycles. The number of hydrogen-bond acceptors (Lipinski definition) is 8. The van der Waals surface area contributed by atoms with E-state index in [0.29, 0.717) is 23.0 Å².